The highest BCUT2D eigenvalue weighted by molar-refractivity contribution is 5.89. The second-order valence-corrected chi connectivity index (χ2v) is 5.26. The number of likely N-dealkylation sites (tertiary alicyclic amines) is 1. The Labute approximate surface area is 114 Å². The maximum atomic E-state index is 11.9. The van der Waals surface area contributed by atoms with Crippen molar-refractivity contribution >= 4 is 11.8 Å². The van der Waals surface area contributed by atoms with Gasteiger partial charge in [-0.2, -0.15) is 13.2 Å². The third kappa shape index (κ3) is 3.84. The van der Waals surface area contributed by atoms with Gasteiger partial charge in [-0.3, -0.25) is 14.4 Å². The number of halogens is 3. The second-order valence-electron chi connectivity index (χ2n) is 5.26. The van der Waals surface area contributed by atoms with Crippen LogP contribution in [0.25, 0.3) is 0 Å². The molecule has 5 nitrogen and oxygen atoms in total. The van der Waals surface area contributed by atoms with E-state index in [9.17, 15) is 22.8 Å². The maximum absolute atomic E-state index is 11.9. The first-order valence-electron chi connectivity index (χ1n) is 6.64. The van der Waals surface area contributed by atoms with E-state index >= 15 is 0 Å². The summed E-state index contributed by atoms with van der Waals surface area (Å²) in [7, 11) is 0. The van der Waals surface area contributed by atoms with Gasteiger partial charge in [0.1, 0.15) is 0 Å². The zero-order chi connectivity index (χ0) is 14.8. The number of carbonyl (C=O) groups excluding carboxylic acids is 2. The molecule has 1 aliphatic heterocycles. The topological polar surface area (TPSA) is 58.6 Å². The van der Waals surface area contributed by atoms with Crippen molar-refractivity contribution in [1.82, 2.24) is 10.4 Å². The number of alkyl halides is 3. The summed E-state index contributed by atoms with van der Waals surface area (Å²) in [6.07, 6.45) is -0.443. The monoisotopic (exact) mass is 294 g/mol. The molecule has 0 spiro atoms. The Morgan fingerprint density at radius 2 is 2.00 bits per heavy atom. The molecule has 1 N–H and O–H groups in total. The van der Waals surface area contributed by atoms with Crippen LogP contribution in [0.2, 0.25) is 0 Å². The summed E-state index contributed by atoms with van der Waals surface area (Å²) < 4.78 is 35.6. The number of nitrogens with one attached hydrogen (secondary N) is 1. The molecule has 0 aromatic rings. The fourth-order valence-corrected chi connectivity index (χ4v) is 2.75. The summed E-state index contributed by atoms with van der Waals surface area (Å²) in [5.74, 6) is -1.40. The van der Waals surface area contributed by atoms with Gasteiger partial charge >= 0.3 is 6.18 Å². The molecule has 8 heteroatoms. The molecule has 20 heavy (non-hydrogen) atoms. The van der Waals surface area contributed by atoms with Crippen molar-refractivity contribution in [3.05, 3.63) is 0 Å². The Balaban J connectivity index is 1.79. The number of hydrogen-bond donors (Lipinski definition) is 1. The zero-order valence-electron chi connectivity index (χ0n) is 10.9. The van der Waals surface area contributed by atoms with E-state index in [1.54, 1.807) is 10.4 Å². The Kier molecular flexibility index (Phi) is 4.52. The lowest BCUT2D eigenvalue weighted by atomic mass is 10.1. The minimum absolute atomic E-state index is 0.0394. The van der Waals surface area contributed by atoms with E-state index in [2.05, 4.69) is 4.84 Å². The van der Waals surface area contributed by atoms with Crippen molar-refractivity contribution in [3.8, 4) is 0 Å². The molecule has 2 aliphatic rings. The minimum atomic E-state index is -4.49. The normalized spacial score (nSPS) is 24.4. The molecule has 1 heterocycles. The number of nitrogens with zero attached hydrogens (tertiary/aromatic N) is 1. The zero-order valence-corrected chi connectivity index (χ0v) is 10.9. The van der Waals surface area contributed by atoms with Crippen molar-refractivity contribution in [2.45, 2.75) is 44.3 Å². The fourth-order valence-electron chi connectivity index (χ4n) is 2.75. The van der Waals surface area contributed by atoms with E-state index in [1.165, 1.54) is 0 Å². The van der Waals surface area contributed by atoms with Crippen molar-refractivity contribution in [3.63, 3.8) is 0 Å². The molecule has 0 aromatic carbocycles. The van der Waals surface area contributed by atoms with Gasteiger partial charge in [-0.15, -0.1) is 0 Å². The molecular weight excluding hydrogens is 277 g/mol. The summed E-state index contributed by atoms with van der Waals surface area (Å²) in [4.78, 5) is 29.3. The van der Waals surface area contributed by atoms with Gasteiger partial charge in [0, 0.05) is 19.0 Å². The Hall–Kier alpha value is -1.31. The van der Waals surface area contributed by atoms with Crippen molar-refractivity contribution in [1.29, 1.82) is 0 Å². The van der Waals surface area contributed by atoms with Crippen LogP contribution in [0.15, 0.2) is 0 Å². The molecule has 1 atom stereocenters. The van der Waals surface area contributed by atoms with Crippen LogP contribution in [0.3, 0.4) is 0 Å². The lowest BCUT2D eigenvalue weighted by Gasteiger charge is -2.23. The molecule has 1 aliphatic carbocycles. The number of amides is 2. The second kappa shape index (κ2) is 5.99. The SMILES string of the molecule is O=C(NOCC(F)(F)F)C1CC(=O)N(C2CCCC2)C1. The summed E-state index contributed by atoms with van der Waals surface area (Å²) in [5.41, 5.74) is 1.78. The van der Waals surface area contributed by atoms with Crippen molar-refractivity contribution < 1.29 is 27.6 Å². The number of hydrogen-bond acceptors (Lipinski definition) is 3. The quantitative estimate of drug-likeness (QED) is 0.797. The number of hydroxylamine groups is 1. The van der Waals surface area contributed by atoms with Gasteiger partial charge in [-0.05, 0) is 12.8 Å². The molecule has 1 saturated heterocycles. The predicted octanol–water partition coefficient (Wildman–Crippen LogP) is 1.39. The Morgan fingerprint density at radius 3 is 2.60 bits per heavy atom. The van der Waals surface area contributed by atoms with Gasteiger partial charge in [0.2, 0.25) is 11.8 Å². The van der Waals surface area contributed by atoms with E-state index < -0.39 is 24.6 Å². The molecule has 0 radical (unpaired) electrons. The number of carbonyl (C=O) groups is 2. The molecule has 1 saturated carbocycles. The largest absolute Gasteiger partial charge is 0.414 e. The van der Waals surface area contributed by atoms with Gasteiger partial charge in [0.05, 0.1) is 5.92 Å². The fraction of sp³-hybridized carbons (Fsp3) is 0.833. The van der Waals surface area contributed by atoms with Crippen LogP contribution >= 0.6 is 0 Å². The first kappa shape index (κ1) is 15.1. The third-order valence-electron chi connectivity index (χ3n) is 3.70. The van der Waals surface area contributed by atoms with Crippen LogP contribution in [-0.4, -0.2) is 42.1 Å². The van der Waals surface area contributed by atoms with Crippen LogP contribution < -0.4 is 5.48 Å². The Morgan fingerprint density at radius 1 is 1.35 bits per heavy atom. The van der Waals surface area contributed by atoms with E-state index in [0.29, 0.717) is 0 Å². The molecule has 2 rings (SSSR count). The average molecular weight is 294 g/mol. The van der Waals surface area contributed by atoms with E-state index in [4.69, 9.17) is 0 Å². The van der Waals surface area contributed by atoms with Crippen molar-refractivity contribution in [2.24, 2.45) is 5.92 Å². The molecular formula is C12H17F3N2O3. The number of rotatable bonds is 4. The first-order chi connectivity index (χ1) is 9.37. The summed E-state index contributed by atoms with van der Waals surface area (Å²) in [6.45, 7) is -1.27. The first-order valence-corrected chi connectivity index (χ1v) is 6.64. The molecule has 2 fully saturated rings. The molecule has 1 unspecified atom stereocenters. The summed E-state index contributed by atoms with van der Waals surface area (Å²) in [6, 6.07) is 0.177. The smallest absolute Gasteiger partial charge is 0.339 e. The van der Waals surface area contributed by atoms with E-state index in [0.717, 1.165) is 25.7 Å². The standard InChI is InChI=1S/C12H17F3N2O3/c13-12(14,15)7-20-16-11(19)8-5-10(18)17(6-8)9-3-1-2-4-9/h8-9H,1-7H2,(H,16,19). The lowest BCUT2D eigenvalue weighted by Crippen LogP contribution is -2.37. The van der Waals surface area contributed by atoms with E-state index in [-0.39, 0.29) is 24.9 Å². The summed E-state index contributed by atoms with van der Waals surface area (Å²) in [5, 5.41) is 0. The van der Waals surface area contributed by atoms with Crippen LogP contribution in [0.1, 0.15) is 32.1 Å². The highest BCUT2D eigenvalue weighted by Crippen LogP contribution is 2.29. The summed E-state index contributed by atoms with van der Waals surface area (Å²) >= 11 is 0. The lowest BCUT2D eigenvalue weighted by molar-refractivity contribution is -0.192. The predicted molar refractivity (Wildman–Crippen MR) is 62.2 cm³/mol. The third-order valence-corrected chi connectivity index (χ3v) is 3.70. The van der Waals surface area contributed by atoms with Gasteiger partial charge < -0.3 is 4.90 Å². The highest BCUT2D eigenvalue weighted by atomic mass is 19.4. The Bertz CT molecular complexity index is 381. The highest BCUT2D eigenvalue weighted by Gasteiger charge is 2.39. The maximum Gasteiger partial charge on any atom is 0.414 e. The van der Waals surface area contributed by atoms with Gasteiger partial charge in [0.15, 0.2) is 6.61 Å². The van der Waals surface area contributed by atoms with Gasteiger partial charge in [-0.25, -0.2) is 5.48 Å². The van der Waals surface area contributed by atoms with E-state index in [1.807, 2.05) is 0 Å². The van der Waals surface area contributed by atoms with Crippen LogP contribution in [0, 0.1) is 5.92 Å². The van der Waals surface area contributed by atoms with Crippen LogP contribution in [0.4, 0.5) is 13.2 Å². The van der Waals surface area contributed by atoms with Crippen LogP contribution in [-0.2, 0) is 14.4 Å². The van der Waals surface area contributed by atoms with Crippen LogP contribution in [0.5, 0.6) is 0 Å². The molecule has 0 aromatic heterocycles. The van der Waals surface area contributed by atoms with Gasteiger partial charge in [0.25, 0.3) is 0 Å². The molecule has 0 bridgehead atoms. The molecule has 114 valence electrons. The minimum Gasteiger partial charge on any atom is -0.339 e. The van der Waals surface area contributed by atoms with Crippen molar-refractivity contribution in [2.75, 3.05) is 13.2 Å². The van der Waals surface area contributed by atoms with Gasteiger partial charge in [-0.1, -0.05) is 12.8 Å². The molecule has 2 amide bonds. The average Bonchev–Trinajstić information content (AvgIpc) is 2.95.